The lowest BCUT2D eigenvalue weighted by Gasteiger charge is -2.06. The van der Waals surface area contributed by atoms with Gasteiger partial charge in [-0.1, -0.05) is 29.8 Å². The smallest absolute Gasteiger partial charge is 0.174 e. The molecule has 3 rings (SSSR count). The van der Waals surface area contributed by atoms with E-state index < -0.39 is 0 Å². The Kier molecular flexibility index (Phi) is 3.00. The summed E-state index contributed by atoms with van der Waals surface area (Å²) in [6.07, 6.45) is 3.45. The number of nitrogens with zero attached hydrogens (tertiary/aromatic N) is 1. The van der Waals surface area contributed by atoms with Crippen LogP contribution in [0.25, 0.3) is 0 Å². The second kappa shape index (κ2) is 4.65. The first-order chi connectivity index (χ1) is 8.72. The lowest BCUT2D eigenvalue weighted by atomic mass is 10.0. The number of ketones is 1. The summed E-state index contributed by atoms with van der Waals surface area (Å²) < 4.78 is 0. The number of Topliss-reactive ketones (excluding diaryl/α,β-unsaturated/α-hetero) is 1. The molecule has 0 atom stereocenters. The maximum atomic E-state index is 11.8. The van der Waals surface area contributed by atoms with Gasteiger partial charge in [0.15, 0.2) is 5.78 Å². The van der Waals surface area contributed by atoms with Gasteiger partial charge in [0.1, 0.15) is 0 Å². The minimum absolute atomic E-state index is 0.281. The van der Waals surface area contributed by atoms with Crippen LogP contribution < -0.4 is 0 Å². The largest absolute Gasteiger partial charge is 0.293 e. The number of aromatic nitrogens is 1. The van der Waals surface area contributed by atoms with Crippen molar-refractivity contribution in [3.05, 3.63) is 51.0 Å². The Labute approximate surface area is 111 Å². The molecule has 0 fully saturated rings. The van der Waals surface area contributed by atoms with Crippen molar-refractivity contribution in [1.29, 1.82) is 0 Å². The Morgan fingerprint density at radius 2 is 2.00 bits per heavy atom. The van der Waals surface area contributed by atoms with Crippen LogP contribution in [0.15, 0.2) is 24.3 Å². The zero-order chi connectivity index (χ0) is 12.5. The van der Waals surface area contributed by atoms with Gasteiger partial charge in [0.2, 0.25) is 0 Å². The number of aryl methyl sites for hydroxylation is 2. The summed E-state index contributed by atoms with van der Waals surface area (Å²) in [4.78, 5) is 17.3. The van der Waals surface area contributed by atoms with E-state index in [1.54, 1.807) is 11.3 Å². The zero-order valence-electron chi connectivity index (χ0n) is 10.4. The molecule has 2 aromatic rings. The predicted octanol–water partition coefficient (Wildman–Crippen LogP) is 3.56. The topological polar surface area (TPSA) is 30.0 Å². The van der Waals surface area contributed by atoms with Crippen LogP contribution in [0, 0.1) is 6.92 Å². The van der Waals surface area contributed by atoms with Gasteiger partial charge in [0.05, 0.1) is 15.6 Å². The van der Waals surface area contributed by atoms with E-state index in [1.807, 2.05) is 0 Å². The molecular formula is C15H15NOS. The van der Waals surface area contributed by atoms with Gasteiger partial charge in [0.25, 0.3) is 0 Å². The third-order valence-electron chi connectivity index (χ3n) is 3.29. The van der Waals surface area contributed by atoms with Gasteiger partial charge in [-0.15, -0.1) is 11.3 Å². The molecule has 0 unspecified atom stereocenters. The van der Waals surface area contributed by atoms with Gasteiger partial charge in [-0.05, 0) is 25.3 Å². The van der Waals surface area contributed by atoms with Crippen LogP contribution in [0.3, 0.4) is 0 Å². The van der Waals surface area contributed by atoms with Crippen LogP contribution in [0.4, 0.5) is 0 Å². The number of carbonyl (C=O) groups is 1. The van der Waals surface area contributed by atoms with E-state index in [4.69, 9.17) is 0 Å². The van der Waals surface area contributed by atoms with Crippen LogP contribution in [-0.4, -0.2) is 10.8 Å². The molecule has 3 heteroatoms. The molecule has 0 aliphatic heterocycles. The van der Waals surface area contributed by atoms with E-state index >= 15 is 0 Å². The number of fused-ring (bicyclic) bond motifs is 1. The Morgan fingerprint density at radius 1 is 1.22 bits per heavy atom. The van der Waals surface area contributed by atoms with Crippen LogP contribution in [-0.2, 0) is 12.8 Å². The highest BCUT2D eigenvalue weighted by Gasteiger charge is 2.21. The van der Waals surface area contributed by atoms with Crippen molar-refractivity contribution < 1.29 is 4.79 Å². The van der Waals surface area contributed by atoms with E-state index in [0.29, 0.717) is 6.42 Å². The van der Waals surface area contributed by atoms with E-state index in [2.05, 4.69) is 36.2 Å². The third-order valence-corrected chi connectivity index (χ3v) is 4.43. The Balaban J connectivity index is 1.85. The van der Waals surface area contributed by atoms with Crippen LogP contribution >= 0.6 is 11.3 Å². The van der Waals surface area contributed by atoms with Gasteiger partial charge in [-0.2, -0.15) is 0 Å². The van der Waals surface area contributed by atoms with Crippen molar-refractivity contribution in [2.75, 3.05) is 0 Å². The van der Waals surface area contributed by atoms with E-state index in [1.165, 1.54) is 11.1 Å². The van der Waals surface area contributed by atoms with Crippen molar-refractivity contribution in [2.24, 2.45) is 0 Å². The average molecular weight is 257 g/mol. The van der Waals surface area contributed by atoms with E-state index in [9.17, 15) is 4.79 Å². The fraction of sp³-hybridized carbons (Fsp3) is 0.333. The highest BCUT2D eigenvalue weighted by atomic mass is 32.1. The molecule has 0 spiro atoms. The maximum absolute atomic E-state index is 11.8. The molecule has 0 N–H and O–H groups in total. The average Bonchev–Trinajstić information content (AvgIpc) is 2.76. The first-order valence-corrected chi connectivity index (χ1v) is 7.11. The summed E-state index contributed by atoms with van der Waals surface area (Å²) in [5, 5.41) is 1.07. The summed E-state index contributed by atoms with van der Waals surface area (Å²) in [5.74, 6) is 0.281. The zero-order valence-corrected chi connectivity index (χ0v) is 11.2. The van der Waals surface area contributed by atoms with Gasteiger partial charge in [-0.25, -0.2) is 4.98 Å². The molecule has 1 aromatic carbocycles. The monoisotopic (exact) mass is 257 g/mol. The third kappa shape index (κ3) is 2.23. The molecule has 1 aliphatic carbocycles. The summed E-state index contributed by atoms with van der Waals surface area (Å²) >= 11 is 1.58. The molecule has 0 saturated heterocycles. The lowest BCUT2D eigenvalue weighted by Crippen LogP contribution is -2.07. The van der Waals surface area contributed by atoms with Crippen molar-refractivity contribution in [1.82, 2.24) is 4.98 Å². The minimum Gasteiger partial charge on any atom is -0.293 e. The summed E-state index contributed by atoms with van der Waals surface area (Å²) in [6, 6.07) is 8.51. The van der Waals surface area contributed by atoms with Crippen LogP contribution in [0.5, 0.6) is 0 Å². The summed E-state index contributed by atoms with van der Waals surface area (Å²) in [5.41, 5.74) is 3.56. The number of carbonyl (C=O) groups excluding carboxylic acids is 1. The van der Waals surface area contributed by atoms with Gasteiger partial charge < -0.3 is 0 Å². The quantitative estimate of drug-likeness (QED) is 0.823. The fourth-order valence-corrected chi connectivity index (χ4v) is 3.39. The first kappa shape index (κ1) is 11.6. The molecule has 0 bridgehead atoms. The SMILES string of the molecule is Cc1ccc(Cc2nc3c(s2)C(=O)CCC3)cc1. The molecule has 18 heavy (non-hydrogen) atoms. The molecule has 2 nitrogen and oxygen atoms in total. The summed E-state index contributed by atoms with van der Waals surface area (Å²) in [7, 11) is 0. The molecule has 1 aliphatic rings. The number of hydrogen-bond acceptors (Lipinski definition) is 3. The molecule has 1 aromatic heterocycles. The molecule has 0 amide bonds. The van der Waals surface area contributed by atoms with Crippen molar-refractivity contribution in [2.45, 2.75) is 32.6 Å². The van der Waals surface area contributed by atoms with Crippen molar-refractivity contribution in [3.63, 3.8) is 0 Å². The minimum atomic E-state index is 0.281. The van der Waals surface area contributed by atoms with Gasteiger partial charge >= 0.3 is 0 Å². The number of rotatable bonds is 2. The van der Waals surface area contributed by atoms with Gasteiger partial charge in [-0.3, -0.25) is 4.79 Å². The first-order valence-electron chi connectivity index (χ1n) is 6.30. The highest BCUT2D eigenvalue weighted by molar-refractivity contribution is 7.13. The van der Waals surface area contributed by atoms with Crippen LogP contribution in [0.2, 0.25) is 0 Å². The molecule has 0 radical (unpaired) electrons. The van der Waals surface area contributed by atoms with Crippen molar-refractivity contribution >= 4 is 17.1 Å². The Bertz CT molecular complexity index is 583. The second-order valence-electron chi connectivity index (χ2n) is 4.82. The second-order valence-corrected chi connectivity index (χ2v) is 5.91. The fourth-order valence-electron chi connectivity index (χ4n) is 2.27. The standard InChI is InChI=1S/C15H15NOS/c1-10-5-7-11(8-6-10)9-14-16-12-3-2-4-13(17)15(12)18-14/h5-8H,2-4,9H2,1H3. The highest BCUT2D eigenvalue weighted by Crippen LogP contribution is 2.28. The lowest BCUT2D eigenvalue weighted by molar-refractivity contribution is 0.0976. The maximum Gasteiger partial charge on any atom is 0.174 e. The van der Waals surface area contributed by atoms with Crippen molar-refractivity contribution in [3.8, 4) is 0 Å². The Hall–Kier alpha value is -1.48. The molecule has 1 heterocycles. The Morgan fingerprint density at radius 3 is 2.72 bits per heavy atom. The predicted molar refractivity (Wildman–Crippen MR) is 73.4 cm³/mol. The number of hydrogen-bond donors (Lipinski definition) is 0. The normalized spacial score (nSPS) is 14.6. The number of benzene rings is 1. The van der Waals surface area contributed by atoms with E-state index in [0.717, 1.165) is 34.8 Å². The molecule has 0 saturated carbocycles. The van der Waals surface area contributed by atoms with Crippen LogP contribution in [0.1, 0.15) is 44.3 Å². The summed E-state index contributed by atoms with van der Waals surface area (Å²) in [6.45, 7) is 2.09. The molecule has 92 valence electrons. The van der Waals surface area contributed by atoms with Gasteiger partial charge in [0, 0.05) is 12.8 Å². The van der Waals surface area contributed by atoms with E-state index in [-0.39, 0.29) is 5.78 Å². The molecular weight excluding hydrogens is 242 g/mol. The number of thiazole rings is 1.